The van der Waals surface area contributed by atoms with Crippen LogP contribution in [0.5, 0.6) is 0 Å². The number of nitrogens with zero attached hydrogens (tertiary/aromatic N) is 3. The Labute approximate surface area is 92.8 Å². The van der Waals surface area contributed by atoms with E-state index in [0.717, 1.165) is 26.2 Å². The third-order valence-electron chi connectivity index (χ3n) is 3.38. The fraction of sp³-hybridized carbons (Fsp3) is 0.909. The summed E-state index contributed by atoms with van der Waals surface area (Å²) in [6.07, 6.45) is 0. The monoisotopic (exact) mass is 210 g/mol. The zero-order valence-electron chi connectivity index (χ0n) is 10.2. The summed E-state index contributed by atoms with van der Waals surface area (Å²) in [7, 11) is 4.01. The zero-order valence-corrected chi connectivity index (χ0v) is 10.2. The molecule has 0 bridgehead atoms. The molecule has 0 aromatic rings. The molecule has 1 aliphatic heterocycles. The Kier molecular flexibility index (Phi) is 4.09. The molecule has 1 rings (SSSR count). The quantitative estimate of drug-likeness (QED) is 0.719. The minimum atomic E-state index is -0.421. The molecular formula is C11H22N4. The average molecular weight is 210 g/mol. The Bertz CT molecular complexity index is 247. The van der Waals surface area contributed by atoms with E-state index in [0.29, 0.717) is 6.04 Å². The number of nitriles is 1. The van der Waals surface area contributed by atoms with Gasteiger partial charge in [0.05, 0.1) is 6.07 Å². The van der Waals surface area contributed by atoms with Crippen LogP contribution in [0.15, 0.2) is 0 Å². The molecule has 0 amide bonds. The van der Waals surface area contributed by atoms with Gasteiger partial charge in [-0.2, -0.15) is 5.26 Å². The van der Waals surface area contributed by atoms with Gasteiger partial charge in [-0.25, -0.2) is 0 Å². The molecule has 1 fully saturated rings. The van der Waals surface area contributed by atoms with E-state index in [-0.39, 0.29) is 0 Å². The van der Waals surface area contributed by atoms with Gasteiger partial charge in [0.2, 0.25) is 0 Å². The molecule has 0 aromatic heterocycles. The number of likely N-dealkylation sites (N-methyl/N-ethyl adjacent to an activating group) is 2. The zero-order chi connectivity index (χ0) is 11.5. The van der Waals surface area contributed by atoms with Crippen LogP contribution >= 0.6 is 0 Å². The van der Waals surface area contributed by atoms with E-state index in [1.54, 1.807) is 0 Å². The van der Waals surface area contributed by atoms with Crippen LogP contribution in [-0.4, -0.2) is 61.7 Å². The Balaban J connectivity index is 2.50. The van der Waals surface area contributed by atoms with E-state index >= 15 is 0 Å². The van der Waals surface area contributed by atoms with Crippen LogP contribution in [0.1, 0.15) is 13.8 Å². The molecule has 0 aromatic carbocycles. The summed E-state index contributed by atoms with van der Waals surface area (Å²) in [5, 5.41) is 12.2. The molecule has 0 aliphatic carbocycles. The molecule has 0 saturated carbocycles. The largest absolute Gasteiger partial charge is 0.302 e. The maximum Gasteiger partial charge on any atom is 0.116 e. The number of nitrogens with one attached hydrogen (secondary N) is 1. The summed E-state index contributed by atoms with van der Waals surface area (Å²) in [5.41, 5.74) is -0.421. The Morgan fingerprint density at radius 2 is 2.20 bits per heavy atom. The topological polar surface area (TPSA) is 42.3 Å². The van der Waals surface area contributed by atoms with Crippen molar-refractivity contribution in [3.8, 4) is 6.07 Å². The Hall–Kier alpha value is -0.630. The third-order valence-corrected chi connectivity index (χ3v) is 3.38. The van der Waals surface area contributed by atoms with Crippen molar-refractivity contribution < 1.29 is 0 Å². The lowest BCUT2D eigenvalue weighted by Gasteiger charge is -2.40. The first-order valence-electron chi connectivity index (χ1n) is 5.53. The molecule has 0 spiro atoms. The maximum atomic E-state index is 9.08. The van der Waals surface area contributed by atoms with Crippen LogP contribution in [0.4, 0.5) is 0 Å². The van der Waals surface area contributed by atoms with Gasteiger partial charge in [0.25, 0.3) is 0 Å². The molecule has 2 atom stereocenters. The standard InChI is InChI=1S/C11H22N4/c1-10-7-15(6-5-14(10)4)9-11(2,8-12)13-3/h10,13H,5-7,9H2,1-4H3. The molecule has 1 N–H and O–H groups in total. The maximum absolute atomic E-state index is 9.08. The van der Waals surface area contributed by atoms with Gasteiger partial charge in [0.15, 0.2) is 0 Å². The average Bonchev–Trinajstić information content (AvgIpc) is 2.23. The van der Waals surface area contributed by atoms with Gasteiger partial charge in [-0.05, 0) is 27.9 Å². The summed E-state index contributed by atoms with van der Waals surface area (Å²) in [5.74, 6) is 0. The van der Waals surface area contributed by atoms with Crippen molar-refractivity contribution >= 4 is 0 Å². The Morgan fingerprint density at radius 3 is 2.67 bits per heavy atom. The highest BCUT2D eigenvalue weighted by atomic mass is 15.3. The fourth-order valence-electron chi connectivity index (χ4n) is 1.89. The highest BCUT2D eigenvalue weighted by Crippen LogP contribution is 2.11. The molecular weight excluding hydrogens is 188 g/mol. The van der Waals surface area contributed by atoms with Crippen LogP contribution in [0.3, 0.4) is 0 Å². The van der Waals surface area contributed by atoms with E-state index in [9.17, 15) is 0 Å². The SMILES string of the molecule is CNC(C)(C#N)CN1CCN(C)C(C)C1. The molecule has 1 aliphatic rings. The van der Waals surface area contributed by atoms with Gasteiger partial charge in [-0.3, -0.25) is 4.90 Å². The second-order valence-corrected chi connectivity index (χ2v) is 4.76. The minimum Gasteiger partial charge on any atom is -0.302 e. The van der Waals surface area contributed by atoms with Crippen molar-refractivity contribution in [3.63, 3.8) is 0 Å². The minimum absolute atomic E-state index is 0.421. The van der Waals surface area contributed by atoms with Crippen molar-refractivity contribution in [2.24, 2.45) is 0 Å². The third kappa shape index (κ3) is 3.16. The lowest BCUT2D eigenvalue weighted by Crippen LogP contribution is -2.56. The van der Waals surface area contributed by atoms with Crippen LogP contribution in [0, 0.1) is 11.3 Å². The second kappa shape index (κ2) is 4.93. The van der Waals surface area contributed by atoms with Crippen LogP contribution < -0.4 is 5.32 Å². The normalized spacial score (nSPS) is 28.3. The van der Waals surface area contributed by atoms with Crippen molar-refractivity contribution in [3.05, 3.63) is 0 Å². The van der Waals surface area contributed by atoms with Crippen molar-refractivity contribution in [2.75, 3.05) is 40.3 Å². The summed E-state index contributed by atoms with van der Waals surface area (Å²) >= 11 is 0. The first-order chi connectivity index (χ1) is 7.00. The molecule has 2 unspecified atom stereocenters. The van der Waals surface area contributed by atoms with Gasteiger partial charge in [-0.1, -0.05) is 0 Å². The van der Waals surface area contributed by atoms with E-state index in [1.807, 2.05) is 14.0 Å². The number of hydrogen-bond acceptors (Lipinski definition) is 4. The first-order valence-corrected chi connectivity index (χ1v) is 5.53. The van der Waals surface area contributed by atoms with E-state index in [4.69, 9.17) is 5.26 Å². The van der Waals surface area contributed by atoms with Crippen molar-refractivity contribution in [1.29, 1.82) is 5.26 Å². The number of piperazine rings is 1. The van der Waals surface area contributed by atoms with E-state index in [1.165, 1.54) is 0 Å². The summed E-state index contributed by atoms with van der Waals surface area (Å²) in [6, 6.07) is 2.92. The van der Waals surface area contributed by atoms with Gasteiger partial charge in [0.1, 0.15) is 5.54 Å². The highest BCUT2D eigenvalue weighted by Gasteiger charge is 2.28. The lowest BCUT2D eigenvalue weighted by atomic mass is 10.0. The van der Waals surface area contributed by atoms with Crippen molar-refractivity contribution in [1.82, 2.24) is 15.1 Å². The number of hydrogen-bond donors (Lipinski definition) is 1. The van der Waals surface area contributed by atoms with Crippen LogP contribution in [-0.2, 0) is 0 Å². The first kappa shape index (κ1) is 12.4. The summed E-state index contributed by atoms with van der Waals surface area (Å²) in [4.78, 5) is 4.73. The second-order valence-electron chi connectivity index (χ2n) is 4.76. The van der Waals surface area contributed by atoms with Crippen LogP contribution in [0.2, 0.25) is 0 Å². The van der Waals surface area contributed by atoms with Gasteiger partial charge in [0, 0.05) is 32.2 Å². The molecule has 15 heavy (non-hydrogen) atoms. The molecule has 86 valence electrons. The molecule has 1 saturated heterocycles. The van der Waals surface area contributed by atoms with E-state index in [2.05, 4.69) is 35.2 Å². The summed E-state index contributed by atoms with van der Waals surface area (Å²) < 4.78 is 0. The Morgan fingerprint density at radius 1 is 1.53 bits per heavy atom. The molecule has 1 heterocycles. The predicted octanol–water partition coefficient (Wildman–Crippen LogP) is 0.124. The fourth-order valence-corrected chi connectivity index (χ4v) is 1.89. The molecule has 4 nitrogen and oxygen atoms in total. The van der Waals surface area contributed by atoms with Crippen molar-refractivity contribution in [2.45, 2.75) is 25.4 Å². The molecule has 4 heteroatoms. The van der Waals surface area contributed by atoms with Gasteiger partial charge < -0.3 is 10.2 Å². The van der Waals surface area contributed by atoms with Crippen LogP contribution in [0.25, 0.3) is 0 Å². The predicted molar refractivity (Wildman–Crippen MR) is 61.6 cm³/mol. The number of rotatable bonds is 3. The highest BCUT2D eigenvalue weighted by molar-refractivity contribution is 5.05. The molecule has 0 radical (unpaired) electrons. The smallest absolute Gasteiger partial charge is 0.116 e. The summed E-state index contributed by atoms with van der Waals surface area (Å²) in [6.45, 7) is 8.19. The van der Waals surface area contributed by atoms with Gasteiger partial charge >= 0.3 is 0 Å². The van der Waals surface area contributed by atoms with Gasteiger partial charge in [-0.15, -0.1) is 0 Å². The lowest BCUT2D eigenvalue weighted by molar-refractivity contribution is 0.0917. The van der Waals surface area contributed by atoms with E-state index < -0.39 is 5.54 Å².